The lowest BCUT2D eigenvalue weighted by Crippen LogP contribution is -2.37. The third-order valence-electron chi connectivity index (χ3n) is 3.82. The monoisotopic (exact) mass is 297 g/mol. The minimum Gasteiger partial charge on any atom is -0.478 e. The van der Waals surface area contributed by atoms with E-state index in [2.05, 4.69) is 6.92 Å². The first-order chi connectivity index (χ1) is 9.32. The van der Waals surface area contributed by atoms with Crippen LogP contribution in [-0.4, -0.2) is 36.9 Å². The van der Waals surface area contributed by atoms with Gasteiger partial charge in [0.2, 0.25) is 10.0 Å². The van der Waals surface area contributed by atoms with Crippen LogP contribution in [0, 0.1) is 12.8 Å². The molecular weight excluding hydrogens is 278 g/mol. The van der Waals surface area contributed by atoms with Gasteiger partial charge in [-0.3, -0.25) is 0 Å². The fourth-order valence-electron chi connectivity index (χ4n) is 2.37. The van der Waals surface area contributed by atoms with E-state index in [1.165, 1.54) is 16.4 Å². The number of aryl methyl sites for hydroxylation is 1. The van der Waals surface area contributed by atoms with E-state index in [1.54, 1.807) is 13.0 Å². The summed E-state index contributed by atoms with van der Waals surface area (Å²) in [6.07, 6.45) is 1.69. The van der Waals surface area contributed by atoms with Crippen LogP contribution >= 0.6 is 0 Å². The number of rotatable bonds is 3. The highest BCUT2D eigenvalue weighted by Crippen LogP contribution is 2.24. The number of hydrogen-bond acceptors (Lipinski definition) is 3. The number of carboxylic acids is 1. The zero-order chi connectivity index (χ0) is 14.9. The van der Waals surface area contributed by atoms with Gasteiger partial charge >= 0.3 is 5.97 Å². The summed E-state index contributed by atoms with van der Waals surface area (Å²) in [6.45, 7) is 4.76. The lowest BCUT2D eigenvalue weighted by atomic mass is 10.0. The molecule has 1 aromatic carbocycles. The van der Waals surface area contributed by atoms with Crippen LogP contribution in [0.2, 0.25) is 0 Å². The van der Waals surface area contributed by atoms with Gasteiger partial charge in [-0.05, 0) is 43.4 Å². The molecule has 2 rings (SSSR count). The van der Waals surface area contributed by atoms with Crippen molar-refractivity contribution < 1.29 is 18.3 Å². The van der Waals surface area contributed by atoms with E-state index in [4.69, 9.17) is 5.11 Å². The summed E-state index contributed by atoms with van der Waals surface area (Å²) in [6, 6.07) is 4.28. The first-order valence-corrected chi connectivity index (χ1v) is 8.10. The Hall–Kier alpha value is -1.40. The van der Waals surface area contributed by atoms with Gasteiger partial charge in [0.25, 0.3) is 0 Å². The van der Waals surface area contributed by atoms with E-state index in [-0.39, 0.29) is 10.5 Å². The predicted molar refractivity (Wildman–Crippen MR) is 75.3 cm³/mol. The van der Waals surface area contributed by atoms with Crippen LogP contribution in [0.3, 0.4) is 0 Å². The van der Waals surface area contributed by atoms with E-state index in [0.29, 0.717) is 24.6 Å². The quantitative estimate of drug-likeness (QED) is 0.927. The Morgan fingerprint density at radius 3 is 2.45 bits per heavy atom. The number of benzene rings is 1. The molecule has 0 aromatic heterocycles. The number of carboxylic acid groups (broad SMARTS) is 1. The second-order valence-corrected chi connectivity index (χ2v) is 7.31. The van der Waals surface area contributed by atoms with Crippen molar-refractivity contribution in [1.29, 1.82) is 0 Å². The van der Waals surface area contributed by atoms with Crippen LogP contribution in [0.5, 0.6) is 0 Å². The van der Waals surface area contributed by atoms with Gasteiger partial charge in [0.15, 0.2) is 0 Å². The van der Waals surface area contributed by atoms with Gasteiger partial charge in [0, 0.05) is 13.1 Å². The molecule has 1 aliphatic heterocycles. The standard InChI is InChI=1S/C14H19NO4S/c1-10-5-7-15(8-6-10)20(18,19)12-4-3-11(2)13(9-12)14(16)17/h3-4,9-10H,5-8H2,1-2H3,(H,16,17). The summed E-state index contributed by atoms with van der Waals surface area (Å²) in [5.74, 6) is -0.569. The van der Waals surface area contributed by atoms with Crippen molar-refractivity contribution in [2.45, 2.75) is 31.6 Å². The lowest BCUT2D eigenvalue weighted by molar-refractivity contribution is 0.0696. The molecule has 1 aliphatic rings. The molecule has 1 fully saturated rings. The lowest BCUT2D eigenvalue weighted by Gasteiger charge is -2.29. The van der Waals surface area contributed by atoms with E-state index < -0.39 is 16.0 Å². The summed E-state index contributed by atoms with van der Waals surface area (Å²) in [4.78, 5) is 11.2. The third kappa shape index (κ3) is 2.86. The highest BCUT2D eigenvalue weighted by molar-refractivity contribution is 7.89. The third-order valence-corrected chi connectivity index (χ3v) is 5.71. The molecule has 0 radical (unpaired) electrons. The van der Waals surface area contributed by atoms with Crippen LogP contribution in [-0.2, 0) is 10.0 Å². The molecule has 0 spiro atoms. The highest BCUT2D eigenvalue weighted by Gasteiger charge is 2.28. The van der Waals surface area contributed by atoms with Crippen LogP contribution in [0.4, 0.5) is 0 Å². The van der Waals surface area contributed by atoms with E-state index in [9.17, 15) is 13.2 Å². The van der Waals surface area contributed by atoms with Crippen LogP contribution in [0.1, 0.15) is 35.7 Å². The molecule has 0 aliphatic carbocycles. The maximum atomic E-state index is 12.5. The Bertz CT molecular complexity index is 616. The van der Waals surface area contributed by atoms with Gasteiger partial charge < -0.3 is 5.11 Å². The number of hydrogen-bond donors (Lipinski definition) is 1. The van der Waals surface area contributed by atoms with Crippen molar-refractivity contribution in [3.63, 3.8) is 0 Å². The molecule has 1 saturated heterocycles. The van der Waals surface area contributed by atoms with Gasteiger partial charge in [-0.25, -0.2) is 13.2 Å². The smallest absolute Gasteiger partial charge is 0.335 e. The van der Waals surface area contributed by atoms with Crippen molar-refractivity contribution in [3.8, 4) is 0 Å². The van der Waals surface area contributed by atoms with Crippen molar-refractivity contribution in [2.24, 2.45) is 5.92 Å². The Morgan fingerprint density at radius 1 is 1.30 bits per heavy atom. The normalized spacial score (nSPS) is 18.1. The van der Waals surface area contributed by atoms with Crippen molar-refractivity contribution in [3.05, 3.63) is 29.3 Å². The van der Waals surface area contributed by atoms with E-state index >= 15 is 0 Å². The van der Waals surface area contributed by atoms with Crippen LogP contribution < -0.4 is 0 Å². The molecule has 1 N–H and O–H groups in total. The van der Waals surface area contributed by atoms with Crippen molar-refractivity contribution in [2.75, 3.05) is 13.1 Å². The predicted octanol–water partition coefficient (Wildman–Crippen LogP) is 2.11. The SMILES string of the molecule is Cc1ccc(S(=O)(=O)N2CCC(C)CC2)cc1C(=O)O. The Balaban J connectivity index is 2.35. The number of sulfonamides is 1. The summed E-state index contributed by atoms with van der Waals surface area (Å²) in [5, 5.41) is 9.09. The zero-order valence-corrected chi connectivity index (χ0v) is 12.5. The average molecular weight is 297 g/mol. The van der Waals surface area contributed by atoms with Gasteiger partial charge in [-0.1, -0.05) is 13.0 Å². The van der Waals surface area contributed by atoms with Gasteiger partial charge in [0.05, 0.1) is 10.5 Å². The van der Waals surface area contributed by atoms with Gasteiger partial charge in [-0.15, -0.1) is 0 Å². The van der Waals surface area contributed by atoms with Crippen molar-refractivity contribution >= 4 is 16.0 Å². The summed E-state index contributed by atoms with van der Waals surface area (Å²) in [5.41, 5.74) is 0.597. The first-order valence-electron chi connectivity index (χ1n) is 6.66. The molecule has 0 unspecified atom stereocenters. The van der Waals surface area contributed by atoms with E-state index in [1.807, 2.05) is 0 Å². The highest BCUT2D eigenvalue weighted by atomic mass is 32.2. The zero-order valence-electron chi connectivity index (χ0n) is 11.7. The molecule has 1 aromatic rings. The second kappa shape index (κ2) is 5.54. The fourth-order valence-corrected chi connectivity index (χ4v) is 3.86. The van der Waals surface area contributed by atoms with E-state index in [0.717, 1.165) is 12.8 Å². The molecule has 0 saturated carbocycles. The maximum Gasteiger partial charge on any atom is 0.335 e. The second-order valence-electron chi connectivity index (χ2n) is 5.37. The average Bonchev–Trinajstić information content (AvgIpc) is 2.39. The number of aromatic carboxylic acids is 1. The Morgan fingerprint density at radius 2 is 1.90 bits per heavy atom. The molecule has 5 nitrogen and oxygen atoms in total. The Kier molecular flexibility index (Phi) is 4.15. The van der Waals surface area contributed by atoms with Gasteiger partial charge in [0.1, 0.15) is 0 Å². The minimum atomic E-state index is -3.59. The fraction of sp³-hybridized carbons (Fsp3) is 0.500. The first kappa shape index (κ1) is 15.0. The number of nitrogens with zero attached hydrogens (tertiary/aromatic N) is 1. The largest absolute Gasteiger partial charge is 0.478 e. The van der Waals surface area contributed by atoms with Crippen LogP contribution in [0.25, 0.3) is 0 Å². The molecule has 0 amide bonds. The summed E-state index contributed by atoms with van der Waals surface area (Å²) >= 11 is 0. The number of carbonyl (C=O) groups is 1. The maximum absolute atomic E-state index is 12.5. The Labute approximate surface area is 119 Å². The van der Waals surface area contributed by atoms with Crippen LogP contribution in [0.15, 0.2) is 23.1 Å². The van der Waals surface area contributed by atoms with Gasteiger partial charge in [-0.2, -0.15) is 4.31 Å². The molecule has 0 atom stereocenters. The minimum absolute atomic E-state index is 0.0384. The van der Waals surface area contributed by atoms with Crippen molar-refractivity contribution in [1.82, 2.24) is 4.31 Å². The summed E-state index contributed by atoms with van der Waals surface area (Å²) in [7, 11) is -3.59. The molecule has 1 heterocycles. The topological polar surface area (TPSA) is 74.7 Å². The molecule has 110 valence electrons. The molecular formula is C14H19NO4S. The molecule has 0 bridgehead atoms. The molecule has 6 heteroatoms. The summed E-state index contributed by atoms with van der Waals surface area (Å²) < 4.78 is 26.5. The number of piperidine rings is 1. The molecule has 20 heavy (non-hydrogen) atoms.